The molecule has 1 atom stereocenters. The van der Waals surface area contributed by atoms with Gasteiger partial charge in [0.05, 0.1) is 18.9 Å². The van der Waals surface area contributed by atoms with Gasteiger partial charge >= 0.3 is 0 Å². The second kappa shape index (κ2) is 9.93. The predicted octanol–water partition coefficient (Wildman–Crippen LogP) is 3.66. The van der Waals surface area contributed by atoms with Crippen LogP contribution in [-0.4, -0.2) is 55.4 Å². The third kappa shape index (κ3) is 4.98. The highest BCUT2D eigenvalue weighted by Gasteiger charge is 2.21. The zero-order valence-electron chi connectivity index (χ0n) is 18.1. The van der Waals surface area contributed by atoms with Gasteiger partial charge in [-0.15, -0.1) is 0 Å². The van der Waals surface area contributed by atoms with Gasteiger partial charge in [0.2, 0.25) is 5.88 Å². The smallest absolute Gasteiger partial charge is 0.234 e. The van der Waals surface area contributed by atoms with Crippen LogP contribution in [0.3, 0.4) is 0 Å². The number of nitrogens with two attached hydrogens (primary N) is 1. The summed E-state index contributed by atoms with van der Waals surface area (Å²) in [7, 11) is 0. The molecule has 0 amide bonds. The van der Waals surface area contributed by atoms with E-state index in [1.807, 2.05) is 43.3 Å². The standard InChI is InChI=1S/C24H28FN5O2/c1-17(18-6-8-19(9-7-18)20-4-2-3-5-21(20)25)22-16-23(32-28-22)30(24(26)27)11-10-29-12-14-31-15-13-29/h2-9,16-17H,10-15H2,1H3,(H3,26,27). The lowest BCUT2D eigenvalue weighted by Gasteiger charge is -2.29. The molecule has 1 unspecified atom stereocenters. The molecule has 0 saturated carbocycles. The van der Waals surface area contributed by atoms with Crippen LogP contribution >= 0.6 is 0 Å². The van der Waals surface area contributed by atoms with E-state index in [2.05, 4.69) is 10.1 Å². The molecule has 1 fully saturated rings. The summed E-state index contributed by atoms with van der Waals surface area (Å²) in [6, 6.07) is 16.3. The fraction of sp³-hybridized carbons (Fsp3) is 0.333. The number of aromatic nitrogens is 1. The van der Waals surface area contributed by atoms with Crippen molar-refractivity contribution in [3.05, 3.63) is 71.7 Å². The number of nitrogens with zero attached hydrogens (tertiary/aromatic N) is 3. The molecule has 0 bridgehead atoms. The van der Waals surface area contributed by atoms with Gasteiger partial charge in [-0.1, -0.05) is 54.5 Å². The van der Waals surface area contributed by atoms with Crippen LogP contribution in [0.4, 0.5) is 10.3 Å². The Bertz CT molecular complexity index is 1050. The van der Waals surface area contributed by atoms with E-state index in [4.69, 9.17) is 20.4 Å². The summed E-state index contributed by atoms with van der Waals surface area (Å²) in [4.78, 5) is 3.90. The van der Waals surface area contributed by atoms with Crippen molar-refractivity contribution in [3.8, 4) is 11.1 Å². The molecule has 3 aromatic rings. The largest absolute Gasteiger partial charge is 0.379 e. The average molecular weight is 438 g/mol. The van der Waals surface area contributed by atoms with Crippen molar-refractivity contribution in [1.82, 2.24) is 10.1 Å². The van der Waals surface area contributed by atoms with Crippen molar-refractivity contribution in [2.45, 2.75) is 12.8 Å². The minimum absolute atomic E-state index is 0.0322. The molecule has 8 heteroatoms. The van der Waals surface area contributed by atoms with E-state index in [-0.39, 0.29) is 17.7 Å². The van der Waals surface area contributed by atoms with E-state index in [0.717, 1.165) is 49.7 Å². The van der Waals surface area contributed by atoms with Gasteiger partial charge < -0.3 is 15.0 Å². The summed E-state index contributed by atoms with van der Waals surface area (Å²) in [5.74, 6) is 0.101. The Kier molecular flexibility index (Phi) is 6.82. The van der Waals surface area contributed by atoms with Gasteiger partial charge in [0, 0.05) is 43.7 Å². The third-order valence-electron chi connectivity index (χ3n) is 5.86. The highest BCUT2D eigenvalue weighted by molar-refractivity contribution is 5.91. The zero-order valence-corrected chi connectivity index (χ0v) is 18.1. The van der Waals surface area contributed by atoms with Crippen molar-refractivity contribution < 1.29 is 13.7 Å². The third-order valence-corrected chi connectivity index (χ3v) is 5.86. The average Bonchev–Trinajstić information content (AvgIpc) is 3.29. The molecule has 0 aliphatic carbocycles. The molecule has 1 saturated heterocycles. The second-order valence-corrected chi connectivity index (χ2v) is 7.90. The number of morpholine rings is 1. The number of halogens is 1. The highest BCUT2D eigenvalue weighted by Crippen LogP contribution is 2.29. The number of nitrogens with one attached hydrogen (secondary N) is 1. The minimum atomic E-state index is -0.240. The molecule has 1 aromatic heterocycles. The Morgan fingerprint density at radius 3 is 2.59 bits per heavy atom. The SMILES string of the molecule is CC(c1ccc(-c2ccccc2F)cc1)c1cc(N(CCN2CCOCC2)C(=N)N)on1. The number of guanidine groups is 1. The van der Waals surface area contributed by atoms with E-state index in [1.165, 1.54) is 6.07 Å². The lowest BCUT2D eigenvalue weighted by atomic mass is 9.95. The number of rotatable bonds is 7. The summed E-state index contributed by atoms with van der Waals surface area (Å²) in [5.41, 5.74) is 9.00. The van der Waals surface area contributed by atoms with Crippen LogP contribution in [0.2, 0.25) is 0 Å². The van der Waals surface area contributed by atoms with Crippen LogP contribution in [0, 0.1) is 11.2 Å². The molecule has 0 radical (unpaired) electrons. The molecule has 7 nitrogen and oxygen atoms in total. The summed E-state index contributed by atoms with van der Waals surface area (Å²) in [6.07, 6.45) is 0. The topological polar surface area (TPSA) is 91.6 Å². The molecule has 2 aromatic carbocycles. The fourth-order valence-electron chi connectivity index (χ4n) is 3.84. The van der Waals surface area contributed by atoms with Crippen LogP contribution in [-0.2, 0) is 4.74 Å². The monoisotopic (exact) mass is 437 g/mol. The predicted molar refractivity (Wildman–Crippen MR) is 122 cm³/mol. The van der Waals surface area contributed by atoms with Crippen molar-refractivity contribution in [2.24, 2.45) is 5.73 Å². The molecular weight excluding hydrogens is 409 g/mol. The fourth-order valence-corrected chi connectivity index (χ4v) is 3.84. The van der Waals surface area contributed by atoms with Crippen molar-refractivity contribution in [2.75, 3.05) is 44.3 Å². The van der Waals surface area contributed by atoms with Gasteiger partial charge in [-0.05, 0) is 17.2 Å². The number of anilines is 1. The Labute approximate surface area is 187 Å². The van der Waals surface area contributed by atoms with E-state index >= 15 is 0 Å². The summed E-state index contributed by atoms with van der Waals surface area (Å²) in [5, 5.41) is 12.2. The summed E-state index contributed by atoms with van der Waals surface area (Å²) >= 11 is 0. The maximum Gasteiger partial charge on any atom is 0.234 e. The number of hydrogen-bond donors (Lipinski definition) is 2. The summed E-state index contributed by atoms with van der Waals surface area (Å²) < 4.78 is 25.0. The van der Waals surface area contributed by atoms with Crippen molar-refractivity contribution in [3.63, 3.8) is 0 Å². The van der Waals surface area contributed by atoms with Gasteiger partial charge in [0.25, 0.3) is 0 Å². The van der Waals surface area contributed by atoms with Crippen LogP contribution in [0.25, 0.3) is 11.1 Å². The van der Waals surface area contributed by atoms with Crippen LogP contribution < -0.4 is 10.6 Å². The quantitative estimate of drug-likeness (QED) is 0.433. The first-order chi connectivity index (χ1) is 15.5. The lowest BCUT2D eigenvalue weighted by molar-refractivity contribution is 0.0394. The molecular formula is C24H28FN5O2. The van der Waals surface area contributed by atoms with Crippen molar-refractivity contribution in [1.29, 1.82) is 5.41 Å². The van der Waals surface area contributed by atoms with Crippen LogP contribution in [0.5, 0.6) is 0 Å². The normalized spacial score (nSPS) is 15.4. The highest BCUT2D eigenvalue weighted by atomic mass is 19.1. The second-order valence-electron chi connectivity index (χ2n) is 7.90. The molecule has 168 valence electrons. The number of ether oxygens (including phenoxy) is 1. The van der Waals surface area contributed by atoms with Gasteiger partial charge in [-0.25, -0.2) is 4.39 Å². The number of hydrogen-bond acceptors (Lipinski definition) is 5. The van der Waals surface area contributed by atoms with Crippen LogP contribution in [0.1, 0.15) is 24.1 Å². The van der Waals surface area contributed by atoms with Crippen LogP contribution in [0.15, 0.2) is 59.1 Å². The van der Waals surface area contributed by atoms with E-state index in [9.17, 15) is 4.39 Å². The Balaban J connectivity index is 1.45. The Morgan fingerprint density at radius 2 is 1.91 bits per heavy atom. The Morgan fingerprint density at radius 1 is 1.19 bits per heavy atom. The molecule has 0 spiro atoms. The molecule has 1 aliphatic rings. The van der Waals surface area contributed by atoms with Gasteiger partial charge in [-0.3, -0.25) is 15.2 Å². The summed E-state index contributed by atoms with van der Waals surface area (Å²) in [6.45, 7) is 6.51. The van der Waals surface area contributed by atoms with Crippen molar-refractivity contribution >= 4 is 11.8 Å². The zero-order chi connectivity index (χ0) is 22.5. The van der Waals surface area contributed by atoms with Gasteiger partial charge in [0.1, 0.15) is 5.82 Å². The molecule has 4 rings (SSSR count). The first kappa shape index (κ1) is 22.0. The first-order valence-electron chi connectivity index (χ1n) is 10.8. The van der Waals surface area contributed by atoms with Gasteiger partial charge in [-0.2, -0.15) is 0 Å². The van der Waals surface area contributed by atoms with Gasteiger partial charge in [0.15, 0.2) is 5.96 Å². The van der Waals surface area contributed by atoms with E-state index < -0.39 is 0 Å². The maximum absolute atomic E-state index is 14.1. The van der Waals surface area contributed by atoms with E-state index in [0.29, 0.717) is 18.0 Å². The molecule has 3 N–H and O–H groups in total. The first-order valence-corrected chi connectivity index (χ1v) is 10.8. The molecule has 1 aliphatic heterocycles. The minimum Gasteiger partial charge on any atom is -0.379 e. The molecule has 32 heavy (non-hydrogen) atoms. The number of benzene rings is 2. The maximum atomic E-state index is 14.1. The lowest BCUT2D eigenvalue weighted by Crippen LogP contribution is -2.45. The van der Waals surface area contributed by atoms with E-state index in [1.54, 1.807) is 17.0 Å². The molecule has 2 heterocycles. The Hall–Kier alpha value is -3.23.